The summed E-state index contributed by atoms with van der Waals surface area (Å²) in [7, 11) is 0. The van der Waals surface area contributed by atoms with E-state index in [-0.39, 0.29) is 11.0 Å². The van der Waals surface area contributed by atoms with Crippen molar-refractivity contribution in [1.82, 2.24) is 4.98 Å². The summed E-state index contributed by atoms with van der Waals surface area (Å²) in [5, 5.41) is 12.1. The molecule has 0 bridgehead atoms. The molecule has 0 radical (unpaired) electrons. The fraction of sp³-hybridized carbons (Fsp3) is 0.471. The molecule has 2 aromatic rings. The van der Waals surface area contributed by atoms with Crippen molar-refractivity contribution in [2.24, 2.45) is 11.3 Å². The summed E-state index contributed by atoms with van der Waals surface area (Å²) in [6.45, 7) is 6.85. The highest BCUT2D eigenvalue weighted by molar-refractivity contribution is 5.94. The molecule has 1 N–H and O–H groups in total. The Kier molecular flexibility index (Phi) is 2.89. The zero-order valence-corrected chi connectivity index (χ0v) is 12.2. The maximum absolute atomic E-state index is 11.0. The maximum atomic E-state index is 11.0. The van der Waals surface area contributed by atoms with Crippen molar-refractivity contribution in [3.63, 3.8) is 0 Å². The van der Waals surface area contributed by atoms with E-state index in [2.05, 4.69) is 25.8 Å². The van der Waals surface area contributed by atoms with E-state index in [9.17, 15) is 9.90 Å². The van der Waals surface area contributed by atoms with Crippen LogP contribution in [0.15, 0.2) is 18.2 Å². The highest BCUT2D eigenvalue weighted by Crippen LogP contribution is 2.39. The Labute approximate surface area is 119 Å². The van der Waals surface area contributed by atoms with Crippen molar-refractivity contribution in [2.45, 2.75) is 40.0 Å². The van der Waals surface area contributed by atoms with Crippen molar-refractivity contribution in [3.8, 4) is 0 Å². The third-order valence-electron chi connectivity index (χ3n) is 4.65. The van der Waals surface area contributed by atoms with Gasteiger partial charge in [-0.05, 0) is 53.9 Å². The minimum absolute atomic E-state index is 0.261. The minimum Gasteiger partial charge on any atom is -0.545 e. The summed E-state index contributed by atoms with van der Waals surface area (Å²) >= 11 is 0. The monoisotopic (exact) mass is 270 g/mol. The largest absolute Gasteiger partial charge is 0.545 e. The first-order valence-electron chi connectivity index (χ1n) is 7.21. The first-order valence-corrected chi connectivity index (χ1v) is 7.21. The zero-order chi connectivity index (χ0) is 14.5. The van der Waals surface area contributed by atoms with E-state index in [4.69, 9.17) is 0 Å². The van der Waals surface area contributed by atoms with Gasteiger partial charge in [0.05, 0.1) is 5.97 Å². The highest BCUT2D eigenvalue weighted by Gasteiger charge is 2.30. The van der Waals surface area contributed by atoms with Gasteiger partial charge in [0.1, 0.15) is 0 Å². The Morgan fingerprint density at radius 1 is 1.35 bits per heavy atom. The number of carbonyl (C=O) groups excluding carboxylic acids is 1. The molecule has 0 aliphatic heterocycles. The number of H-pyrrole nitrogens is 1. The van der Waals surface area contributed by atoms with E-state index < -0.39 is 5.97 Å². The van der Waals surface area contributed by atoms with E-state index in [0.717, 1.165) is 23.7 Å². The van der Waals surface area contributed by atoms with Gasteiger partial charge in [0.25, 0.3) is 0 Å². The van der Waals surface area contributed by atoms with Crippen molar-refractivity contribution in [1.29, 1.82) is 0 Å². The normalized spacial score (nSPS) is 19.1. The van der Waals surface area contributed by atoms with Crippen LogP contribution in [0.25, 0.3) is 10.9 Å². The van der Waals surface area contributed by atoms with E-state index in [1.807, 2.05) is 6.07 Å². The Hall–Kier alpha value is -1.77. The third kappa shape index (κ3) is 2.11. The standard InChI is InChI=1S/C17H21NO2/c1-17(2,3)11-5-7-15-13(9-11)12-8-10(16(19)20)4-6-14(12)18-15/h4,6,8,11,18H,5,7,9H2,1-3H3,(H,19,20)/p-1/t11-/m1/s1. The molecule has 3 rings (SSSR count). The number of carboxylic acid groups (broad SMARTS) is 1. The second kappa shape index (κ2) is 4.37. The molecule has 0 fully saturated rings. The van der Waals surface area contributed by atoms with Gasteiger partial charge in [-0.1, -0.05) is 26.8 Å². The number of carbonyl (C=O) groups is 1. The number of aromatic carboxylic acids is 1. The van der Waals surface area contributed by atoms with Crippen LogP contribution in [0.2, 0.25) is 0 Å². The molecule has 1 aromatic heterocycles. The lowest BCUT2D eigenvalue weighted by molar-refractivity contribution is -0.255. The second-order valence-electron chi connectivity index (χ2n) is 6.94. The van der Waals surface area contributed by atoms with Crippen LogP contribution in [0.5, 0.6) is 0 Å². The highest BCUT2D eigenvalue weighted by atomic mass is 16.4. The molecule has 1 heterocycles. The van der Waals surface area contributed by atoms with Gasteiger partial charge in [0.15, 0.2) is 0 Å². The number of rotatable bonds is 1. The van der Waals surface area contributed by atoms with Gasteiger partial charge in [0.2, 0.25) is 0 Å². The van der Waals surface area contributed by atoms with Gasteiger partial charge in [0, 0.05) is 16.6 Å². The van der Waals surface area contributed by atoms with Gasteiger partial charge in [-0.25, -0.2) is 0 Å². The SMILES string of the molecule is CC(C)(C)[C@@H]1CCc2[nH]c3ccc(C(=O)[O-])cc3c2C1. The molecular formula is C17H20NO2-. The Morgan fingerprint density at radius 3 is 2.75 bits per heavy atom. The number of nitrogens with one attached hydrogen (secondary N) is 1. The van der Waals surface area contributed by atoms with Crippen LogP contribution in [0.1, 0.15) is 48.8 Å². The quantitative estimate of drug-likeness (QED) is 0.866. The van der Waals surface area contributed by atoms with E-state index >= 15 is 0 Å². The van der Waals surface area contributed by atoms with Crippen LogP contribution in [-0.2, 0) is 12.8 Å². The Balaban J connectivity index is 2.09. The number of aromatic nitrogens is 1. The predicted octanol–water partition coefficient (Wildman–Crippen LogP) is 2.68. The summed E-state index contributed by atoms with van der Waals surface area (Å²) < 4.78 is 0. The van der Waals surface area contributed by atoms with Gasteiger partial charge in [-0.15, -0.1) is 0 Å². The van der Waals surface area contributed by atoms with E-state index in [1.165, 1.54) is 17.7 Å². The molecule has 0 saturated heterocycles. The molecule has 0 spiro atoms. The molecule has 0 saturated carbocycles. The van der Waals surface area contributed by atoms with Crippen LogP contribution in [0.4, 0.5) is 0 Å². The van der Waals surface area contributed by atoms with Crippen LogP contribution in [0, 0.1) is 11.3 Å². The lowest BCUT2D eigenvalue weighted by Crippen LogP contribution is -2.26. The lowest BCUT2D eigenvalue weighted by Gasteiger charge is -2.34. The number of hydrogen-bond donors (Lipinski definition) is 1. The van der Waals surface area contributed by atoms with Crippen molar-refractivity contribution < 1.29 is 9.90 Å². The van der Waals surface area contributed by atoms with Crippen molar-refractivity contribution in [3.05, 3.63) is 35.0 Å². The fourth-order valence-corrected chi connectivity index (χ4v) is 3.28. The molecule has 1 aliphatic rings. The average Bonchev–Trinajstić information content (AvgIpc) is 2.74. The van der Waals surface area contributed by atoms with E-state index in [0.29, 0.717) is 5.92 Å². The molecule has 106 valence electrons. The van der Waals surface area contributed by atoms with Gasteiger partial charge in [-0.2, -0.15) is 0 Å². The Morgan fingerprint density at radius 2 is 2.10 bits per heavy atom. The molecule has 3 heteroatoms. The number of aryl methyl sites for hydroxylation is 1. The number of aromatic amines is 1. The number of fused-ring (bicyclic) bond motifs is 3. The Bertz CT molecular complexity index is 676. The molecule has 1 aromatic carbocycles. The first-order chi connectivity index (χ1) is 9.36. The summed E-state index contributed by atoms with van der Waals surface area (Å²) in [5.74, 6) is -0.467. The van der Waals surface area contributed by atoms with Crippen molar-refractivity contribution in [2.75, 3.05) is 0 Å². The van der Waals surface area contributed by atoms with Crippen LogP contribution in [-0.4, -0.2) is 11.0 Å². The van der Waals surface area contributed by atoms with Gasteiger partial charge in [-0.3, -0.25) is 0 Å². The van der Waals surface area contributed by atoms with Crippen molar-refractivity contribution >= 4 is 16.9 Å². The van der Waals surface area contributed by atoms with Gasteiger partial charge >= 0.3 is 0 Å². The molecule has 0 amide bonds. The summed E-state index contributed by atoms with van der Waals surface area (Å²) in [6, 6.07) is 5.22. The first kappa shape index (κ1) is 13.2. The molecule has 3 nitrogen and oxygen atoms in total. The number of benzene rings is 1. The second-order valence-corrected chi connectivity index (χ2v) is 6.94. The minimum atomic E-state index is -1.11. The van der Waals surface area contributed by atoms with Crippen LogP contribution >= 0.6 is 0 Å². The summed E-state index contributed by atoms with van der Waals surface area (Å²) in [4.78, 5) is 14.5. The lowest BCUT2D eigenvalue weighted by atomic mass is 9.71. The average molecular weight is 270 g/mol. The molecule has 1 aliphatic carbocycles. The summed E-state index contributed by atoms with van der Waals surface area (Å²) in [5.41, 5.74) is 4.16. The van der Waals surface area contributed by atoms with E-state index in [1.54, 1.807) is 12.1 Å². The number of carboxylic acids is 1. The molecule has 0 unspecified atom stereocenters. The maximum Gasteiger partial charge on any atom is 0.0715 e. The smallest absolute Gasteiger partial charge is 0.0715 e. The van der Waals surface area contributed by atoms with Gasteiger partial charge < -0.3 is 14.9 Å². The zero-order valence-electron chi connectivity index (χ0n) is 12.2. The third-order valence-corrected chi connectivity index (χ3v) is 4.65. The summed E-state index contributed by atoms with van der Waals surface area (Å²) in [6.07, 6.45) is 3.26. The molecule has 1 atom stereocenters. The topological polar surface area (TPSA) is 55.9 Å². The molecular weight excluding hydrogens is 250 g/mol. The van der Waals surface area contributed by atoms with Crippen LogP contribution < -0.4 is 5.11 Å². The fourth-order valence-electron chi connectivity index (χ4n) is 3.28. The predicted molar refractivity (Wildman–Crippen MR) is 77.6 cm³/mol. The molecule has 20 heavy (non-hydrogen) atoms. The van der Waals surface area contributed by atoms with Crippen LogP contribution in [0.3, 0.4) is 0 Å². The number of hydrogen-bond acceptors (Lipinski definition) is 2.